The number of carbonyl (C=O) groups is 1. The number of rotatable bonds is 3. The summed E-state index contributed by atoms with van der Waals surface area (Å²) in [5, 5.41) is 7.02. The molecule has 2 aliphatic rings. The van der Waals surface area contributed by atoms with E-state index in [1.165, 1.54) is 0 Å². The third-order valence-electron chi connectivity index (χ3n) is 6.53. The quantitative estimate of drug-likeness (QED) is 0.385. The van der Waals surface area contributed by atoms with E-state index in [-0.39, 0.29) is 16.6 Å². The van der Waals surface area contributed by atoms with Crippen LogP contribution in [-0.4, -0.2) is 5.91 Å². The number of nitrogens with one attached hydrogen (secondary N) is 2. The first kappa shape index (κ1) is 21.2. The molecule has 32 heavy (non-hydrogen) atoms. The summed E-state index contributed by atoms with van der Waals surface area (Å²) in [4.78, 5) is 12.9. The van der Waals surface area contributed by atoms with Gasteiger partial charge in [-0.2, -0.15) is 0 Å². The Labute approximate surface area is 194 Å². The number of hydrogen-bond acceptors (Lipinski definition) is 2. The van der Waals surface area contributed by atoms with Crippen molar-refractivity contribution in [3.8, 4) is 0 Å². The van der Waals surface area contributed by atoms with Gasteiger partial charge >= 0.3 is 0 Å². The fourth-order valence-electron chi connectivity index (χ4n) is 5.07. The summed E-state index contributed by atoms with van der Waals surface area (Å²) in [5.74, 6) is -2.00. The van der Waals surface area contributed by atoms with Crippen LogP contribution >= 0.6 is 23.2 Å². The molecule has 5 rings (SSSR count). The van der Waals surface area contributed by atoms with E-state index >= 15 is 0 Å². The minimum atomic E-state index is -1.12. The number of halogens is 4. The molecule has 3 nitrogen and oxygen atoms in total. The molecule has 0 unspecified atom stereocenters. The van der Waals surface area contributed by atoms with E-state index in [4.69, 9.17) is 23.2 Å². The van der Waals surface area contributed by atoms with Crippen LogP contribution in [0.3, 0.4) is 0 Å². The Balaban J connectivity index is 1.51. The van der Waals surface area contributed by atoms with Crippen molar-refractivity contribution in [2.24, 2.45) is 5.92 Å². The molecular formula is C25H20Cl2F2N2O. The fraction of sp³-hybridized carbons (Fsp3) is 0.240. The van der Waals surface area contributed by atoms with Crippen molar-refractivity contribution in [2.75, 3.05) is 10.6 Å². The molecule has 3 atom stereocenters. The first-order valence-corrected chi connectivity index (χ1v) is 11.3. The maximum Gasteiger partial charge on any atom is 0.257 e. The lowest BCUT2D eigenvalue weighted by molar-refractivity contribution is 0.102. The molecule has 0 saturated heterocycles. The van der Waals surface area contributed by atoms with E-state index in [0.717, 1.165) is 48.2 Å². The van der Waals surface area contributed by atoms with Crippen LogP contribution in [0, 0.1) is 17.6 Å². The van der Waals surface area contributed by atoms with E-state index in [9.17, 15) is 13.6 Å². The van der Waals surface area contributed by atoms with Crippen molar-refractivity contribution in [3.05, 3.63) is 93.0 Å². The van der Waals surface area contributed by atoms with E-state index in [1.807, 2.05) is 30.3 Å². The van der Waals surface area contributed by atoms with Gasteiger partial charge in [0.1, 0.15) is 0 Å². The average Bonchev–Trinajstić information content (AvgIpc) is 3.27. The van der Waals surface area contributed by atoms with Gasteiger partial charge in [0.15, 0.2) is 11.6 Å². The van der Waals surface area contributed by atoms with Gasteiger partial charge in [0.2, 0.25) is 0 Å². The van der Waals surface area contributed by atoms with Crippen molar-refractivity contribution in [1.82, 2.24) is 0 Å². The minimum absolute atomic E-state index is 0.0807. The van der Waals surface area contributed by atoms with Crippen LogP contribution in [-0.2, 0) is 0 Å². The molecule has 0 aromatic heterocycles. The van der Waals surface area contributed by atoms with Crippen LogP contribution in [0.5, 0.6) is 0 Å². The molecule has 1 aliphatic heterocycles. The van der Waals surface area contributed by atoms with Crippen molar-refractivity contribution < 1.29 is 13.6 Å². The highest BCUT2D eigenvalue weighted by Crippen LogP contribution is 2.54. The monoisotopic (exact) mass is 472 g/mol. The van der Waals surface area contributed by atoms with Crippen LogP contribution < -0.4 is 10.6 Å². The number of amides is 1. The molecular weight excluding hydrogens is 453 g/mol. The van der Waals surface area contributed by atoms with E-state index in [1.54, 1.807) is 6.07 Å². The van der Waals surface area contributed by atoms with Gasteiger partial charge in [-0.15, -0.1) is 0 Å². The zero-order chi connectivity index (χ0) is 22.4. The van der Waals surface area contributed by atoms with Gasteiger partial charge in [-0.25, -0.2) is 8.78 Å². The molecule has 0 bridgehead atoms. The maximum absolute atomic E-state index is 13.7. The Morgan fingerprint density at radius 1 is 1.00 bits per heavy atom. The zero-order valence-corrected chi connectivity index (χ0v) is 18.5. The Morgan fingerprint density at radius 2 is 1.75 bits per heavy atom. The summed E-state index contributed by atoms with van der Waals surface area (Å²) in [6.45, 7) is 0. The smallest absolute Gasteiger partial charge is 0.257 e. The van der Waals surface area contributed by atoms with Gasteiger partial charge in [0.25, 0.3) is 5.91 Å². The number of benzene rings is 3. The highest BCUT2D eigenvalue weighted by Gasteiger charge is 2.41. The largest absolute Gasteiger partial charge is 0.376 e. The van der Waals surface area contributed by atoms with Crippen molar-refractivity contribution in [1.29, 1.82) is 0 Å². The second kappa shape index (κ2) is 8.38. The zero-order valence-electron chi connectivity index (χ0n) is 17.0. The average molecular weight is 473 g/mol. The van der Waals surface area contributed by atoms with Crippen LogP contribution in [0.2, 0.25) is 10.0 Å². The summed E-state index contributed by atoms with van der Waals surface area (Å²) in [5.41, 5.74) is 3.61. The Bertz CT molecular complexity index is 1200. The normalized spacial score (nSPS) is 21.4. The third kappa shape index (κ3) is 3.74. The number of para-hydroxylation sites is 1. The predicted molar refractivity (Wildman–Crippen MR) is 124 cm³/mol. The maximum atomic E-state index is 13.7. The lowest BCUT2D eigenvalue weighted by Gasteiger charge is -2.38. The Kier molecular flexibility index (Phi) is 5.56. The van der Waals surface area contributed by atoms with Gasteiger partial charge in [-0.1, -0.05) is 53.9 Å². The number of carbonyl (C=O) groups excluding carboxylic acids is 1. The molecule has 1 amide bonds. The second-order valence-electron chi connectivity index (χ2n) is 8.34. The Hall–Kier alpha value is -2.63. The molecule has 164 valence electrons. The summed E-state index contributed by atoms with van der Waals surface area (Å²) in [7, 11) is 0. The molecule has 1 heterocycles. The molecule has 1 saturated carbocycles. The topological polar surface area (TPSA) is 41.1 Å². The minimum Gasteiger partial charge on any atom is -0.376 e. The molecule has 2 N–H and O–H groups in total. The molecule has 0 spiro atoms. The van der Waals surface area contributed by atoms with Crippen LogP contribution in [0.1, 0.15) is 52.7 Å². The van der Waals surface area contributed by atoms with E-state index in [0.29, 0.717) is 22.5 Å². The van der Waals surface area contributed by atoms with E-state index in [2.05, 4.69) is 16.7 Å². The first-order valence-electron chi connectivity index (χ1n) is 10.5. The fourth-order valence-corrected chi connectivity index (χ4v) is 5.43. The van der Waals surface area contributed by atoms with Crippen LogP contribution in [0.4, 0.5) is 20.2 Å². The third-order valence-corrected chi connectivity index (χ3v) is 7.09. The van der Waals surface area contributed by atoms with Crippen molar-refractivity contribution in [2.45, 2.75) is 31.2 Å². The number of fused-ring (bicyclic) bond motifs is 3. The summed E-state index contributed by atoms with van der Waals surface area (Å²) in [6, 6.07) is 15.3. The van der Waals surface area contributed by atoms with Crippen LogP contribution in [0.25, 0.3) is 0 Å². The van der Waals surface area contributed by atoms with Crippen molar-refractivity contribution >= 4 is 40.5 Å². The van der Waals surface area contributed by atoms with Gasteiger partial charge in [-0.05, 0) is 66.1 Å². The summed E-state index contributed by atoms with van der Waals surface area (Å²) >= 11 is 12.1. The SMILES string of the molecule is O=C(Nc1cccc2c1N[C@@H](c1ccc(Cl)cc1)[C@@H]1CCC[C@@H]21)c1cc(F)c(F)cc1Cl. The lowest BCUT2D eigenvalue weighted by Crippen LogP contribution is -2.29. The van der Waals surface area contributed by atoms with Gasteiger partial charge in [0.05, 0.1) is 28.0 Å². The highest BCUT2D eigenvalue weighted by atomic mass is 35.5. The van der Waals surface area contributed by atoms with Crippen molar-refractivity contribution in [3.63, 3.8) is 0 Å². The second-order valence-corrected chi connectivity index (χ2v) is 9.19. The van der Waals surface area contributed by atoms with Crippen LogP contribution in [0.15, 0.2) is 54.6 Å². The van der Waals surface area contributed by atoms with Gasteiger partial charge in [0, 0.05) is 5.02 Å². The first-order chi connectivity index (χ1) is 15.4. The molecule has 0 radical (unpaired) electrons. The van der Waals surface area contributed by atoms with Gasteiger partial charge in [-0.3, -0.25) is 4.79 Å². The molecule has 7 heteroatoms. The number of anilines is 2. The predicted octanol–water partition coefficient (Wildman–Crippen LogP) is 7.57. The molecule has 1 fully saturated rings. The molecule has 1 aliphatic carbocycles. The Morgan fingerprint density at radius 3 is 2.53 bits per heavy atom. The lowest BCUT2D eigenvalue weighted by atomic mass is 9.77. The summed E-state index contributed by atoms with van der Waals surface area (Å²) in [6.07, 6.45) is 3.34. The molecule has 3 aromatic rings. The molecule has 3 aromatic carbocycles. The van der Waals surface area contributed by atoms with E-state index < -0.39 is 17.5 Å². The number of hydrogen-bond donors (Lipinski definition) is 2. The standard InChI is InChI=1S/C25H20Cl2F2N2O/c26-14-9-7-13(8-10-14)23-16-4-1-3-15(16)17-5-2-6-22(24(17)31-23)30-25(32)18-11-20(28)21(29)12-19(18)27/h2,5-12,15-16,23,31H,1,3-4H2,(H,30,32)/t15-,16-,23+/m1/s1. The van der Waals surface area contributed by atoms with Gasteiger partial charge < -0.3 is 10.6 Å². The highest BCUT2D eigenvalue weighted by molar-refractivity contribution is 6.34. The summed E-state index contributed by atoms with van der Waals surface area (Å²) < 4.78 is 27.1.